The van der Waals surface area contributed by atoms with E-state index in [9.17, 15) is 14.7 Å². The fourth-order valence-corrected chi connectivity index (χ4v) is 3.47. The minimum absolute atomic E-state index is 0.00148. The van der Waals surface area contributed by atoms with E-state index in [-0.39, 0.29) is 18.0 Å². The van der Waals surface area contributed by atoms with Crippen molar-refractivity contribution in [3.05, 3.63) is 35.4 Å². The molecule has 0 spiro atoms. The molecule has 3 atom stereocenters. The molecule has 2 aliphatic rings. The predicted octanol–water partition coefficient (Wildman–Crippen LogP) is 1.19. The van der Waals surface area contributed by atoms with Gasteiger partial charge in [0.2, 0.25) is 5.91 Å². The summed E-state index contributed by atoms with van der Waals surface area (Å²) in [6, 6.07) is 7.39. The van der Waals surface area contributed by atoms with Crippen LogP contribution in [0.4, 0.5) is 0 Å². The number of nitrogens with zero attached hydrogens (tertiary/aromatic N) is 1. The Morgan fingerprint density at radius 2 is 2.10 bits per heavy atom. The van der Waals surface area contributed by atoms with Gasteiger partial charge in [0.1, 0.15) is 6.04 Å². The van der Waals surface area contributed by atoms with E-state index in [1.807, 2.05) is 25.1 Å². The van der Waals surface area contributed by atoms with Gasteiger partial charge in [-0.05, 0) is 30.9 Å². The number of carbonyl (C=O) groups excluding carboxylic acids is 1. The molecule has 1 fully saturated rings. The van der Waals surface area contributed by atoms with Gasteiger partial charge in [-0.3, -0.25) is 9.59 Å². The first kappa shape index (κ1) is 14.1. The maximum Gasteiger partial charge on any atom is 0.308 e. The molecule has 1 amide bonds. The molecule has 3 rings (SSSR count). The third-order valence-electron chi connectivity index (χ3n) is 4.71. The summed E-state index contributed by atoms with van der Waals surface area (Å²) in [5, 5.41) is 12.5. The van der Waals surface area contributed by atoms with Crippen molar-refractivity contribution in [3.8, 4) is 0 Å². The summed E-state index contributed by atoms with van der Waals surface area (Å²) in [5.74, 6) is -1.26. The second-order valence-electron chi connectivity index (χ2n) is 5.84. The molecule has 0 saturated carbocycles. The fourth-order valence-electron chi connectivity index (χ4n) is 3.47. The number of likely N-dealkylation sites (tertiary alicyclic amines) is 1. The Balaban J connectivity index is 1.83. The molecule has 0 bridgehead atoms. The lowest BCUT2D eigenvalue weighted by atomic mass is 9.93. The van der Waals surface area contributed by atoms with E-state index in [0.29, 0.717) is 13.0 Å². The molecule has 21 heavy (non-hydrogen) atoms. The monoisotopic (exact) mass is 288 g/mol. The number of nitrogens with one attached hydrogen (secondary N) is 1. The Morgan fingerprint density at radius 3 is 2.81 bits per heavy atom. The fraction of sp³-hybridized carbons (Fsp3) is 0.500. The molecule has 3 unspecified atom stereocenters. The smallest absolute Gasteiger partial charge is 0.308 e. The van der Waals surface area contributed by atoms with Gasteiger partial charge in [0.15, 0.2) is 0 Å². The van der Waals surface area contributed by atoms with Crippen LogP contribution in [0.5, 0.6) is 0 Å². The van der Waals surface area contributed by atoms with Crippen LogP contribution in [0.2, 0.25) is 0 Å². The summed E-state index contributed by atoms with van der Waals surface area (Å²) in [4.78, 5) is 25.7. The zero-order valence-electron chi connectivity index (χ0n) is 12.1. The first-order chi connectivity index (χ1) is 10.1. The Kier molecular flexibility index (Phi) is 3.68. The van der Waals surface area contributed by atoms with E-state index in [1.165, 1.54) is 5.56 Å². The van der Waals surface area contributed by atoms with Crippen molar-refractivity contribution in [1.82, 2.24) is 10.2 Å². The maximum absolute atomic E-state index is 12.8. The van der Waals surface area contributed by atoms with E-state index in [0.717, 1.165) is 18.5 Å². The zero-order chi connectivity index (χ0) is 15.0. The van der Waals surface area contributed by atoms with Gasteiger partial charge in [-0.15, -0.1) is 0 Å². The number of amides is 1. The quantitative estimate of drug-likeness (QED) is 0.858. The van der Waals surface area contributed by atoms with E-state index in [2.05, 4.69) is 11.4 Å². The molecule has 0 radical (unpaired) electrons. The number of hydrogen-bond donors (Lipinski definition) is 2. The average Bonchev–Trinajstić information content (AvgIpc) is 2.88. The molecular formula is C16H20N2O3. The van der Waals surface area contributed by atoms with Crippen molar-refractivity contribution in [2.45, 2.75) is 31.8 Å². The number of carboxylic acid groups (broad SMARTS) is 1. The number of fused-ring (bicyclic) bond motifs is 1. The number of benzene rings is 1. The molecule has 0 aliphatic carbocycles. The van der Waals surface area contributed by atoms with Crippen molar-refractivity contribution < 1.29 is 14.7 Å². The van der Waals surface area contributed by atoms with Crippen LogP contribution in [0, 0.1) is 5.92 Å². The van der Waals surface area contributed by atoms with Crippen LogP contribution >= 0.6 is 0 Å². The second-order valence-corrected chi connectivity index (χ2v) is 5.84. The van der Waals surface area contributed by atoms with E-state index < -0.39 is 11.9 Å². The summed E-state index contributed by atoms with van der Waals surface area (Å²) >= 11 is 0. The second kappa shape index (κ2) is 5.48. The van der Waals surface area contributed by atoms with Gasteiger partial charge in [0.05, 0.1) is 5.92 Å². The highest BCUT2D eigenvalue weighted by molar-refractivity contribution is 5.85. The highest BCUT2D eigenvalue weighted by Gasteiger charge is 2.41. The standard InChI is InChI=1S/C16H20N2O3/c1-10-12(16(20)21)7-9-18(10)15(19)14-13-5-3-2-4-11(13)6-8-17-14/h2-5,10,12,14,17H,6-9H2,1H3,(H,20,21). The Bertz CT molecular complexity index is 572. The summed E-state index contributed by atoms with van der Waals surface area (Å²) in [7, 11) is 0. The van der Waals surface area contributed by atoms with Gasteiger partial charge in [-0.25, -0.2) is 0 Å². The molecule has 1 aromatic rings. The first-order valence-corrected chi connectivity index (χ1v) is 7.44. The minimum Gasteiger partial charge on any atom is -0.481 e. The normalized spacial score (nSPS) is 28.2. The Morgan fingerprint density at radius 1 is 1.33 bits per heavy atom. The van der Waals surface area contributed by atoms with E-state index >= 15 is 0 Å². The van der Waals surface area contributed by atoms with Crippen molar-refractivity contribution >= 4 is 11.9 Å². The molecular weight excluding hydrogens is 268 g/mol. The number of carbonyl (C=O) groups is 2. The molecule has 5 nitrogen and oxygen atoms in total. The van der Waals surface area contributed by atoms with Gasteiger partial charge in [-0.1, -0.05) is 24.3 Å². The van der Waals surface area contributed by atoms with Crippen molar-refractivity contribution in [2.75, 3.05) is 13.1 Å². The lowest BCUT2D eigenvalue weighted by molar-refractivity contribution is -0.143. The van der Waals surface area contributed by atoms with E-state index in [4.69, 9.17) is 0 Å². The Labute approximate surface area is 123 Å². The third kappa shape index (κ3) is 2.42. The van der Waals surface area contributed by atoms with Crippen LogP contribution in [-0.4, -0.2) is 41.0 Å². The van der Waals surface area contributed by atoms with Crippen LogP contribution in [0.25, 0.3) is 0 Å². The van der Waals surface area contributed by atoms with Gasteiger partial charge < -0.3 is 15.3 Å². The number of aliphatic carboxylic acids is 1. The molecule has 112 valence electrons. The highest BCUT2D eigenvalue weighted by atomic mass is 16.4. The first-order valence-electron chi connectivity index (χ1n) is 7.44. The SMILES string of the molecule is CC1C(C(=O)O)CCN1C(=O)C1NCCc2ccccc21. The number of rotatable bonds is 2. The zero-order valence-corrected chi connectivity index (χ0v) is 12.1. The molecule has 5 heteroatoms. The van der Waals surface area contributed by atoms with Crippen molar-refractivity contribution in [3.63, 3.8) is 0 Å². The van der Waals surface area contributed by atoms with Gasteiger partial charge in [-0.2, -0.15) is 0 Å². The van der Waals surface area contributed by atoms with Gasteiger partial charge in [0, 0.05) is 19.1 Å². The average molecular weight is 288 g/mol. The molecule has 0 aromatic heterocycles. The molecule has 1 aromatic carbocycles. The van der Waals surface area contributed by atoms with Crippen LogP contribution in [-0.2, 0) is 16.0 Å². The number of carboxylic acids is 1. The lowest BCUT2D eigenvalue weighted by Gasteiger charge is -2.32. The van der Waals surface area contributed by atoms with E-state index in [1.54, 1.807) is 4.90 Å². The summed E-state index contributed by atoms with van der Waals surface area (Å²) < 4.78 is 0. The molecule has 2 aliphatic heterocycles. The maximum atomic E-state index is 12.8. The van der Waals surface area contributed by atoms with Gasteiger partial charge in [0.25, 0.3) is 0 Å². The number of hydrogen-bond acceptors (Lipinski definition) is 3. The summed E-state index contributed by atoms with van der Waals surface area (Å²) in [6.45, 7) is 3.13. The van der Waals surface area contributed by atoms with Crippen molar-refractivity contribution in [1.29, 1.82) is 0 Å². The summed E-state index contributed by atoms with van der Waals surface area (Å²) in [5.41, 5.74) is 2.23. The highest BCUT2D eigenvalue weighted by Crippen LogP contribution is 2.30. The van der Waals surface area contributed by atoms with Crippen LogP contribution < -0.4 is 5.32 Å². The molecule has 2 N–H and O–H groups in total. The molecule has 1 saturated heterocycles. The van der Waals surface area contributed by atoms with Crippen LogP contribution in [0.1, 0.15) is 30.5 Å². The van der Waals surface area contributed by atoms with Crippen molar-refractivity contribution in [2.24, 2.45) is 5.92 Å². The largest absolute Gasteiger partial charge is 0.481 e. The van der Waals surface area contributed by atoms with Crippen LogP contribution in [0.3, 0.4) is 0 Å². The summed E-state index contributed by atoms with van der Waals surface area (Å²) in [6.07, 6.45) is 1.46. The third-order valence-corrected chi connectivity index (χ3v) is 4.71. The van der Waals surface area contributed by atoms with Gasteiger partial charge >= 0.3 is 5.97 Å². The minimum atomic E-state index is -0.810. The predicted molar refractivity (Wildman–Crippen MR) is 77.8 cm³/mol. The Hall–Kier alpha value is -1.88. The molecule has 2 heterocycles. The lowest BCUT2D eigenvalue weighted by Crippen LogP contribution is -2.46. The topological polar surface area (TPSA) is 69.6 Å². The van der Waals surface area contributed by atoms with Crippen LogP contribution in [0.15, 0.2) is 24.3 Å².